The Hall–Kier alpha value is -2.37. The molecule has 0 spiro atoms. The Morgan fingerprint density at radius 1 is 1.27 bits per heavy atom. The predicted molar refractivity (Wildman–Crippen MR) is 90.6 cm³/mol. The van der Waals surface area contributed by atoms with E-state index in [1.54, 1.807) is 0 Å². The van der Waals surface area contributed by atoms with Crippen LogP contribution in [-0.4, -0.2) is 30.0 Å². The zero-order valence-electron chi connectivity index (χ0n) is 13.9. The summed E-state index contributed by atoms with van der Waals surface area (Å²) in [5.41, 5.74) is 5.53. The minimum Gasteiger partial charge on any atom is -0.339 e. The molecule has 1 aliphatic carbocycles. The Kier molecular flexibility index (Phi) is 5.03. The topological polar surface area (TPSA) is 154 Å². The van der Waals surface area contributed by atoms with Crippen LogP contribution >= 0.6 is 0 Å². The molecular weight excluding hydrogens is 362 g/mol. The van der Waals surface area contributed by atoms with Crippen LogP contribution in [0.15, 0.2) is 33.7 Å². The summed E-state index contributed by atoms with van der Waals surface area (Å²) in [6.45, 7) is 0.0541. The molecule has 3 rings (SSSR count). The van der Waals surface area contributed by atoms with Crippen molar-refractivity contribution in [3.63, 3.8) is 0 Å². The molecule has 3 N–H and O–H groups in total. The molecule has 26 heavy (non-hydrogen) atoms. The van der Waals surface area contributed by atoms with Crippen LogP contribution in [0, 0.1) is 10.1 Å². The third kappa shape index (κ3) is 3.89. The smallest absolute Gasteiger partial charge is 0.269 e. The molecular formula is C15H19N5O5S. The van der Waals surface area contributed by atoms with Gasteiger partial charge in [-0.2, -0.15) is 4.98 Å². The highest BCUT2D eigenvalue weighted by atomic mass is 32.2. The number of nitro benzene ring substituents is 1. The maximum absolute atomic E-state index is 12.2. The molecule has 2 aromatic rings. The van der Waals surface area contributed by atoms with E-state index in [-0.39, 0.29) is 23.5 Å². The van der Waals surface area contributed by atoms with E-state index in [0.717, 1.165) is 37.8 Å². The Labute approximate surface area is 150 Å². The number of nitrogens with two attached hydrogens (primary N) is 1. The number of rotatable bonds is 7. The van der Waals surface area contributed by atoms with Crippen molar-refractivity contribution in [3.8, 4) is 0 Å². The fraction of sp³-hybridized carbons (Fsp3) is 0.467. The summed E-state index contributed by atoms with van der Waals surface area (Å²) in [6, 6.07) is 4.65. The summed E-state index contributed by atoms with van der Waals surface area (Å²) in [5.74, 6) is 0.770. The molecule has 0 unspecified atom stereocenters. The molecule has 0 aliphatic heterocycles. The molecule has 0 atom stereocenters. The highest BCUT2D eigenvalue weighted by molar-refractivity contribution is 7.89. The van der Waals surface area contributed by atoms with Gasteiger partial charge in [-0.3, -0.25) is 10.1 Å². The summed E-state index contributed by atoms with van der Waals surface area (Å²) < 4.78 is 32.0. The lowest BCUT2D eigenvalue weighted by Crippen LogP contribution is -2.34. The van der Waals surface area contributed by atoms with Gasteiger partial charge in [-0.25, -0.2) is 13.1 Å². The summed E-state index contributed by atoms with van der Waals surface area (Å²) in [7, 11) is -3.78. The van der Waals surface area contributed by atoms with Gasteiger partial charge >= 0.3 is 0 Å². The lowest BCUT2D eigenvalue weighted by molar-refractivity contribution is -0.384. The standard InChI is InChI=1S/C15H19N5O5S/c16-15(8-1-2-9-15)14-18-13(25-19-14)7-10-17-26(23,24)12-5-3-11(4-6-12)20(21)22/h3-6,17H,1-2,7-10,16H2. The van der Waals surface area contributed by atoms with Crippen molar-refractivity contribution in [3.05, 3.63) is 46.1 Å². The Morgan fingerprint density at radius 2 is 1.92 bits per heavy atom. The number of sulfonamides is 1. The summed E-state index contributed by atoms with van der Waals surface area (Å²) in [4.78, 5) is 14.2. The van der Waals surface area contributed by atoms with Crippen molar-refractivity contribution in [2.75, 3.05) is 6.54 Å². The van der Waals surface area contributed by atoms with Crippen LogP contribution in [0.1, 0.15) is 37.4 Å². The number of nitro groups is 1. The van der Waals surface area contributed by atoms with Crippen LogP contribution in [0.2, 0.25) is 0 Å². The first-order valence-electron chi connectivity index (χ1n) is 8.16. The number of nitrogens with zero attached hydrogens (tertiary/aromatic N) is 3. The summed E-state index contributed by atoms with van der Waals surface area (Å²) in [6.07, 6.45) is 3.87. The third-order valence-corrected chi connectivity index (χ3v) is 5.87. The molecule has 1 fully saturated rings. The largest absolute Gasteiger partial charge is 0.339 e. The third-order valence-electron chi connectivity index (χ3n) is 4.40. The maximum Gasteiger partial charge on any atom is 0.269 e. The zero-order valence-corrected chi connectivity index (χ0v) is 14.7. The first-order chi connectivity index (χ1) is 12.3. The second-order valence-electron chi connectivity index (χ2n) is 6.27. The highest BCUT2D eigenvalue weighted by Gasteiger charge is 2.35. The quantitative estimate of drug-likeness (QED) is 0.536. The van der Waals surface area contributed by atoms with Gasteiger partial charge in [-0.1, -0.05) is 18.0 Å². The van der Waals surface area contributed by atoms with Gasteiger partial charge in [0.25, 0.3) is 5.69 Å². The van der Waals surface area contributed by atoms with Crippen LogP contribution in [0.5, 0.6) is 0 Å². The molecule has 0 bridgehead atoms. The van der Waals surface area contributed by atoms with E-state index in [0.29, 0.717) is 11.7 Å². The van der Waals surface area contributed by atoms with Gasteiger partial charge in [0.1, 0.15) is 0 Å². The SMILES string of the molecule is NC1(c2noc(CCNS(=O)(=O)c3ccc([N+](=O)[O-])cc3)n2)CCCC1. The number of non-ortho nitro benzene ring substituents is 1. The van der Waals surface area contributed by atoms with Crippen LogP contribution in [0.4, 0.5) is 5.69 Å². The normalized spacial score (nSPS) is 16.7. The number of hydrogen-bond donors (Lipinski definition) is 2. The molecule has 1 aliphatic rings. The maximum atomic E-state index is 12.2. The Morgan fingerprint density at radius 3 is 2.54 bits per heavy atom. The predicted octanol–water partition coefficient (Wildman–Crippen LogP) is 1.23. The van der Waals surface area contributed by atoms with Crippen molar-refractivity contribution in [2.24, 2.45) is 5.73 Å². The molecule has 1 aromatic carbocycles. The molecule has 140 valence electrons. The molecule has 0 saturated heterocycles. The molecule has 0 amide bonds. The van der Waals surface area contributed by atoms with E-state index in [1.807, 2.05) is 0 Å². The van der Waals surface area contributed by atoms with Crippen molar-refractivity contribution >= 4 is 15.7 Å². The van der Waals surface area contributed by atoms with Crippen molar-refractivity contribution in [1.29, 1.82) is 0 Å². The van der Waals surface area contributed by atoms with Gasteiger partial charge in [0.05, 0.1) is 15.4 Å². The van der Waals surface area contributed by atoms with E-state index in [2.05, 4.69) is 14.9 Å². The van der Waals surface area contributed by atoms with Gasteiger partial charge in [0.15, 0.2) is 5.82 Å². The first kappa shape index (κ1) is 18.4. The van der Waals surface area contributed by atoms with Gasteiger partial charge < -0.3 is 10.3 Å². The van der Waals surface area contributed by atoms with E-state index in [1.165, 1.54) is 12.1 Å². The van der Waals surface area contributed by atoms with Gasteiger partial charge in [-0.05, 0) is 25.0 Å². The Balaban J connectivity index is 1.58. The van der Waals surface area contributed by atoms with Crippen LogP contribution in [0.25, 0.3) is 0 Å². The second-order valence-corrected chi connectivity index (χ2v) is 8.04. The summed E-state index contributed by atoms with van der Waals surface area (Å²) in [5, 5.41) is 14.5. The lowest BCUT2D eigenvalue weighted by atomic mass is 9.99. The zero-order chi connectivity index (χ0) is 18.8. The first-order valence-corrected chi connectivity index (χ1v) is 9.65. The minimum atomic E-state index is -3.78. The fourth-order valence-electron chi connectivity index (χ4n) is 2.91. The highest BCUT2D eigenvalue weighted by Crippen LogP contribution is 2.34. The van der Waals surface area contributed by atoms with Crippen LogP contribution in [0.3, 0.4) is 0 Å². The number of aromatic nitrogens is 2. The summed E-state index contributed by atoms with van der Waals surface area (Å²) >= 11 is 0. The van der Waals surface area contributed by atoms with Gasteiger partial charge in [0.2, 0.25) is 15.9 Å². The van der Waals surface area contributed by atoms with Crippen molar-refractivity contribution < 1.29 is 17.9 Å². The molecule has 1 saturated carbocycles. The molecule has 10 nitrogen and oxygen atoms in total. The lowest BCUT2D eigenvalue weighted by Gasteiger charge is -2.17. The Bertz CT molecular complexity index is 887. The van der Waals surface area contributed by atoms with Gasteiger partial charge in [-0.15, -0.1) is 0 Å². The fourth-order valence-corrected chi connectivity index (χ4v) is 3.94. The van der Waals surface area contributed by atoms with E-state index >= 15 is 0 Å². The molecule has 0 radical (unpaired) electrons. The van der Waals surface area contributed by atoms with Crippen LogP contribution in [-0.2, 0) is 22.0 Å². The van der Waals surface area contributed by atoms with E-state index in [4.69, 9.17) is 10.3 Å². The molecule has 1 heterocycles. The average Bonchev–Trinajstić information content (AvgIpc) is 3.25. The number of hydrogen-bond acceptors (Lipinski definition) is 8. The minimum absolute atomic E-state index is 0.0541. The second kappa shape index (κ2) is 7.09. The number of benzene rings is 1. The van der Waals surface area contributed by atoms with E-state index < -0.39 is 20.5 Å². The van der Waals surface area contributed by atoms with Crippen LogP contribution < -0.4 is 10.5 Å². The average molecular weight is 381 g/mol. The van der Waals surface area contributed by atoms with Crippen molar-refractivity contribution in [1.82, 2.24) is 14.9 Å². The number of nitrogens with one attached hydrogen (secondary N) is 1. The monoisotopic (exact) mass is 381 g/mol. The van der Waals surface area contributed by atoms with E-state index in [9.17, 15) is 18.5 Å². The molecule has 1 aromatic heterocycles. The van der Waals surface area contributed by atoms with Gasteiger partial charge in [0, 0.05) is 25.1 Å². The molecule has 11 heteroatoms. The van der Waals surface area contributed by atoms with Crippen molar-refractivity contribution in [2.45, 2.75) is 42.5 Å².